The van der Waals surface area contributed by atoms with Crippen molar-refractivity contribution in [1.29, 1.82) is 0 Å². The summed E-state index contributed by atoms with van der Waals surface area (Å²) < 4.78 is 6.32. The maximum atomic E-state index is 11.9. The molecule has 1 aromatic carbocycles. The summed E-state index contributed by atoms with van der Waals surface area (Å²) in [4.78, 5) is 23.7. The number of aryl methyl sites for hydroxylation is 1. The molecule has 0 saturated carbocycles. The second-order valence-corrected chi connectivity index (χ2v) is 4.20. The molecule has 1 heterocycles. The van der Waals surface area contributed by atoms with Crippen LogP contribution in [0.4, 0.5) is 16.3 Å². The van der Waals surface area contributed by atoms with Gasteiger partial charge in [0.25, 0.3) is 0 Å². The Morgan fingerprint density at radius 3 is 2.62 bits per heavy atom. The number of ether oxygens (including phenoxy) is 1. The van der Waals surface area contributed by atoms with Crippen LogP contribution in [0.15, 0.2) is 36.5 Å². The maximum Gasteiger partial charge on any atom is 0.343 e. The number of nitrogens with one attached hydrogen (secondary N) is 2. The van der Waals surface area contributed by atoms with E-state index in [0.717, 1.165) is 0 Å². The molecule has 0 atom stereocenters. The minimum Gasteiger partial charge on any atom is -0.462 e. The van der Waals surface area contributed by atoms with Gasteiger partial charge in [-0.15, -0.1) is 0 Å². The molecule has 0 aliphatic carbocycles. The lowest BCUT2D eigenvalue weighted by Gasteiger charge is -2.09. The van der Waals surface area contributed by atoms with E-state index in [2.05, 4.69) is 15.7 Å². The molecule has 0 radical (unpaired) electrons. The van der Waals surface area contributed by atoms with E-state index in [1.165, 1.54) is 10.9 Å². The predicted octanol–water partition coefficient (Wildman–Crippen LogP) is 2.24. The third kappa shape index (κ3) is 3.59. The molecule has 0 aliphatic heterocycles. The first kappa shape index (κ1) is 14.6. The number of aromatic nitrogens is 2. The number of carbonyl (C=O) groups is 2. The summed E-state index contributed by atoms with van der Waals surface area (Å²) in [5.74, 6) is -0.248. The number of hydrogen-bond donors (Lipinski definition) is 2. The minimum atomic E-state index is -0.527. The zero-order chi connectivity index (χ0) is 15.2. The second-order valence-electron chi connectivity index (χ2n) is 4.20. The topological polar surface area (TPSA) is 85.2 Å². The van der Waals surface area contributed by atoms with Gasteiger partial charge in [-0.25, -0.2) is 9.59 Å². The largest absolute Gasteiger partial charge is 0.462 e. The van der Waals surface area contributed by atoms with E-state index in [0.29, 0.717) is 5.69 Å². The Balaban J connectivity index is 2.10. The van der Waals surface area contributed by atoms with E-state index in [-0.39, 0.29) is 18.0 Å². The van der Waals surface area contributed by atoms with Crippen molar-refractivity contribution >= 4 is 23.5 Å². The van der Waals surface area contributed by atoms with Gasteiger partial charge in [-0.2, -0.15) is 5.10 Å². The molecule has 21 heavy (non-hydrogen) atoms. The van der Waals surface area contributed by atoms with Gasteiger partial charge < -0.3 is 10.1 Å². The SMILES string of the molecule is CCOC(=O)c1cnn(C)c1NC(=O)Nc1ccccc1. The summed E-state index contributed by atoms with van der Waals surface area (Å²) in [5.41, 5.74) is 0.859. The standard InChI is InChI=1S/C14H16N4O3/c1-3-21-13(19)11-9-15-18(2)12(11)17-14(20)16-10-7-5-4-6-8-10/h4-9H,3H2,1-2H3,(H2,16,17,20). The zero-order valence-electron chi connectivity index (χ0n) is 11.8. The summed E-state index contributed by atoms with van der Waals surface area (Å²) in [6.45, 7) is 1.97. The Morgan fingerprint density at radius 2 is 1.95 bits per heavy atom. The molecule has 110 valence electrons. The first-order valence-electron chi connectivity index (χ1n) is 6.44. The lowest BCUT2D eigenvalue weighted by atomic mass is 10.3. The van der Waals surface area contributed by atoms with Crippen molar-refractivity contribution in [2.45, 2.75) is 6.92 Å². The molecular weight excluding hydrogens is 272 g/mol. The summed E-state index contributed by atoms with van der Waals surface area (Å²) in [6.07, 6.45) is 1.36. The number of urea groups is 1. The fourth-order valence-electron chi connectivity index (χ4n) is 1.74. The van der Waals surface area contributed by atoms with Crippen LogP contribution >= 0.6 is 0 Å². The van der Waals surface area contributed by atoms with Crippen molar-refractivity contribution < 1.29 is 14.3 Å². The van der Waals surface area contributed by atoms with Crippen molar-refractivity contribution in [2.24, 2.45) is 7.05 Å². The van der Waals surface area contributed by atoms with Crippen LogP contribution in [0.25, 0.3) is 0 Å². The van der Waals surface area contributed by atoms with Crippen molar-refractivity contribution in [3.63, 3.8) is 0 Å². The Kier molecular flexibility index (Phi) is 4.55. The fraction of sp³-hybridized carbons (Fsp3) is 0.214. The van der Waals surface area contributed by atoms with E-state index in [4.69, 9.17) is 4.74 Å². The molecule has 2 amide bonds. The summed E-state index contributed by atoms with van der Waals surface area (Å²) in [5, 5.41) is 9.21. The van der Waals surface area contributed by atoms with Gasteiger partial charge in [-0.05, 0) is 19.1 Å². The highest BCUT2D eigenvalue weighted by atomic mass is 16.5. The van der Waals surface area contributed by atoms with Gasteiger partial charge in [-0.1, -0.05) is 18.2 Å². The number of anilines is 2. The van der Waals surface area contributed by atoms with E-state index in [1.807, 2.05) is 18.2 Å². The molecule has 0 bridgehead atoms. The number of rotatable bonds is 4. The summed E-state index contributed by atoms with van der Waals surface area (Å²) in [7, 11) is 1.63. The molecule has 0 unspecified atom stereocenters. The zero-order valence-corrected chi connectivity index (χ0v) is 11.8. The molecule has 2 rings (SSSR count). The molecule has 1 aromatic heterocycles. The van der Waals surface area contributed by atoms with E-state index >= 15 is 0 Å². The van der Waals surface area contributed by atoms with Crippen LogP contribution in [0.1, 0.15) is 17.3 Å². The molecule has 2 N–H and O–H groups in total. The average molecular weight is 288 g/mol. The minimum absolute atomic E-state index is 0.211. The molecule has 2 aromatic rings. The highest BCUT2D eigenvalue weighted by Crippen LogP contribution is 2.16. The Labute approximate surface area is 121 Å². The van der Waals surface area contributed by atoms with Crippen LogP contribution < -0.4 is 10.6 Å². The highest BCUT2D eigenvalue weighted by molar-refractivity contribution is 6.04. The monoisotopic (exact) mass is 288 g/mol. The van der Waals surface area contributed by atoms with Crippen LogP contribution in [0.2, 0.25) is 0 Å². The van der Waals surface area contributed by atoms with Crippen LogP contribution in [0.5, 0.6) is 0 Å². The Hall–Kier alpha value is -2.83. The van der Waals surface area contributed by atoms with E-state index in [9.17, 15) is 9.59 Å². The smallest absolute Gasteiger partial charge is 0.343 e. The first-order chi connectivity index (χ1) is 10.1. The summed E-state index contributed by atoms with van der Waals surface area (Å²) >= 11 is 0. The number of hydrogen-bond acceptors (Lipinski definition) is 4. The number of carbonyl (C=O) groups excluding carboxylic acids is 2. The van der Waals surface area contributed by atoms with Gasteiger partial charge >= 0.3 is 12.0 Å². The Morgan fingerprint density at radius 1 is 1.24 bits per heavy atom. The predicted molar refractivity (Wildman–Crippen MR) is 78.2 cm³/mol. The third-order valence-corrected chi connectivity index (χ3v) is 2.70. The normalized spacial score (nSPS) is 10.0. The van der Waals surface area contributed by atoms with Crippen LogP contribution in [0, 0.1) is 0 Å². The van der Waals surface area contributed by atoms with Crippen molar-refractivity contribution in [3.8, 4) is 0 Å². The van der Waals surface area contributed by atoms with Gasteiger partial charge in [0.05, 0.1) is 12.8 Å². The van der Waals surface area contributed by atoms with Crippen LogP contribution in [-0.2, 0) is 11.8 Å². The number of esters is 1. The van der Waals surface area contributed by atoms with Crippen molar-refractivity contribution in [3.05, 3.63) is 42.1 Å². The third-order valence-electron chi connectivity index (χ3n) is 2.70. The lowest BCUT2D eigenvalue weighted by molar-refractivity contribution is 0.0527. The number of para-hydroxylation sites is 1. The molecule has 7 nitrogen and oxygen atoms in total. The van der Waals surface area contributed by atoms with E-state index in [1.54, 1.807) is 26.1 Å². The van der Waals surface area contributed by atoms with Crippen LogP contribution in [0.3, 0.4) is 0 Å². The molecule has 0 aliphatic rings. The quantitative estimate of drug-likeness (QED) is 0.845. The lowest BCUT2D eigenvalue weighted by Crippen LogP contribution is -2.22. The maximum absolute atomic E-state index is 11.9. The van der Waals surface area contributed by atoms with Crippen molar-refractivity contribution in [2.75, 3.05) is 17.2 Å². The number of nitrogens with zero attached hydrogens (tertiary/aromatic N) is 2. The molecule has 0 fully saturated rings. The van der Waals surface area contributed by atoms with Crippen molar-refractivity contribution in [1.82, 2.24) is 9.78 Å². The average Bonchev–Trinajstić information content (AvgIpc) is 2.81. The van der Waals surface area contributed by atoms with Gasteiger partial charge in [0, 0.05) is 12.7 Å². The van der Waals surface area contributed by atoms with Gasteiger partial charge in [0.2, 0.25) is 0 Å². The van der Waals surface area contributed by atoms with Gasteiger partial charge in [0.1, 0.15) is 11.4 Å². The van der Waals surface area contributed by atoms with Gasteiger partial charge in [-0.3, -0.25) is 10.00 Å². The molecular formula is C14H16N4O3. The molecule has 7 heteroatoms. The van der Waals surface area contributed by atoms with Gasteiger partial charge in [0.15, 0.2) is 0 Å². The van der Waals surface area contributed by atoms with Crippen LogP contribution in [-0.4, -0.2) is 28.4 Å². The van der Waals surface area contributed by atoms with E-state index < -0.39 is 12.0 Å². The molecule has 0 saturated heterocycles. The Bertz CT molecular complexity index is 637. The fourth-order valence-corrected chi connectivity index (χ4v) is 1.74. The summed E-state index contributed by atoms with van der Waals surface area (Å²) in [6, 6.07) is 8.52. The highest BCUT2D eigenvalue weighted by Gasteiger charge is 2.19. The second kappa shape index (κ2) is 6.56. The first-order valence-corrected chi connectivity index (χ1v) is 6.44. The molecule has 0 spiro atoms. The number of benzene rings is 1. The number of amides is 2.